The van der Waals surface area contributed by atoms with Crippen molar-refractivity contribution in [3.05, 3.63) is 51.1 Å². The predicted octanol–water partition coefficient (Wildman–Crippen LogP) is 4.54. The first-order valence-electron chi connectivity index (χ1n) is 10.6. The van der Waals surface area contributed by atoms with Crippen molar-refractivity contribution in [1.82, 2.24) is 9.55 Å². The van der Waals surface area contributed by atoms with Crippen LogP contribution < -0.4 is 11.3 Å². The van der Waals surface area contributed by atoms with Crippen LogP contribution in [-0.4, -0.2) is 15.5 Å². The van der Waals surface area contributed by atoms with Gasteiger partial charge >= 0.3 is 0 Å². The summed E-state index contributed by atoms with van der Waals surface area (Å²) in [6, 6.07) is 9.80. The van der Waals surface area contributed by atoms with Crippen LogP contribution in [-0.2, 0) is 24.2 Å². The van der Waals surface area contributed by atoms with Crippen LogP contribution in [0, 0.1) is 11.3 Å². The van der Waals surface area contributed by atoms with Gasteiger partial charge in [0.15, 0.2) is 0 Å². The van der Waals surface area contributed by atoms with Gasteiger partial charge in [0, 0.05) is 23.4 Å². The lowest BCUT2D eigenvalue weighted by molar-refractivity contribution is -0.118. The molecular formula is C24H29N3O2S. The Morgan fingerprint density at radius 2 is 2.00 bits per heavy atom. The Morgan fingerprint density at radius 1 is 1.27 bits per heavy atom. The summed E-state index contributed by atoms with van der Waals surface area (Å²) in [4.78, 5) is 32.0. The predicted molar refractivity (Wildman–Crippen MR) is 123 cm³/mol. The highest BCUT2D eigenvalue weighted by Crippen LogP contribution is 2.42. The molecule has 3 aromatic rings. The Bertz CT molecular complexity index is 1140. The third-order valence-corrected chi connectivity index (χ3v) is 7.38. The van der Waals surface area contributed by atoms with E-state index in [-0.39, 0.29) is 23.3 Å². The van der Waals surface area contributed by atoms with Gasteiger partial charge < -0.3 is 5.73 Å². The number of thiophene rings is 1. The number of nitrogens with two attached hydrogens (primary N) is 1. The number of nitrogens with zero attached hydrogens (tertiary/aromatic N) is 2. The number of primary amides is 1. The molecule has 0 fully saturated rings. The molecule has 2 heterocycles. The Labute approximate surface area is 180 Å². The second-order valence-electron chi connectivity index (χ2n) is 9.32. The molecule has 0 saturated carbocycles. The van der Waals surface area contributed by atoms with Gasteiger partial charge in [-0.25, -0.2) is 4.98 Å². The second-order valence-corrected chi connectivity index (χ2v) is 10.4. The van der Waals surface area contributed by atoms with Gasteiger partial charge in [-0.3, -0.25) is 14.2 Å². The number of hydrogen-bond acceptors (Lipinski definition) is 4. The van der Waals surface area contributed by atoms with Crippen LogP contribution >= 0.6 is 11.3 Å². The average Bonchev–Trinajstić information content (AvgIpc) is 3.07. The van der Waals surface area contributed by atoms with Crippen LogP contribution in [0.25, 0.3) is 21.6 Å². The van der Waals surface area contributed by atoms with Crippen molar-refractivity contribution in [2.75, 3.05) is 0 Å². The van der Waals surface area contributed by atoms with Crippen molar-refractivity contribution in [3.63, 3.8) is 0 Å². The van der Waals surface area contributed by atoms with Crippen LogP contribution in [0.2, 0.25) is 0 Å². The quantitative estimate of drug-likeness (QED) is 0.654. The molecule has 30 heavy (non-hydrogen) atoms. The summed E-state index contributed by atoms with van der Waals surface area (Å²) >= 11 is 1.68. The molecular weight excluding hydrogens is 394 g/mol. The van der Waals surface area contributed by atoms with Gasteiger partial charge in [-0.1, -0.05) is 51.1 Å². The molecule has 0 radical (unpaired) electrons. The summed E-state index contributed by atoms with van der Waals surface area (Å²) in [6.45, 7) is 7.33. The fourth-order valence-corrected chi connectivity index (χ4v) is 5.71. The zero-order valence-corrected chi connectivity index (χ0v) is 18.7. The maximum absolute atomic E-state index is 13.6. The van der Waals surface area contributed by atoms with Crippen LogP contribution in [0.4, 0.5) is 0 Å². The largest absolute Gasteiger partial charge is 0.370 e. The molecule has 1 atom stereocenters. The standard InChI is InChI=1S/C24H29N3O2S/c1-24(2,3)16-11-12-17-18(14-16)30-22-20(17)23(29)27(13-7-10-19(25)28)21(26-22)15-8-5-4-6-9-15/h4-6,8-9,16H,7,10-14H2,1-3H3,(H2,25,28). The lowest BCUT2D eigenvalue weighted by Crippen LogP contribution is -2.27. The summed E-state index contributed by atoms with van der Waals surface area (Å²) < 4.78 is 1.74. The topological polar surface area (TPSA) is 78.0 Å². The first kappa shape index (κ1) is 20.8. The number of amides is 1. The minimum atomic E-state index is -0.348. The summed E-state index contributed by atoms with van der Waals surface area (Å²) in [5, 5.41) is 0.779. The van der Waals surface area contributed by atoms with Gasteiger partial charge in [-0.05, 0) is 42.6 Å². The summed E-state index contributed by atoms with van der Waals surface area (Å²) in [6.07, 6.45) is 3.83. The number of carbonyl (C=O) groups is 1. The lowest BCUT2D eigenvalue weighted by atomic mass is 9.72. The van der Waals surface area contributed by atoms with Gasteiger partial charge in [0.05, 0.1) is 5.39 Å². The van der Waals surface area contributed by atoms with Gasteiger partial charge in [0.25, 0.3) is 5.56 Å². The molecule has 2 N–H and O–H groups in total. The molecule has 0 bridgehead atoms. The minimum Gasteiger partial charge on any atom is -0.370 e. The smallest absolute Gasteiger partial charge is 0.262 e. The van der Waals surface area contributed by atoms with Crippen LogP contribution in [0.15, 0.2) is 35.1 Å². The number of rotatable bonds is 5. The molecule has 5 nitrogen and oxygen atoms in total. The van der Waals surface area contributed by atoms with Crippen LogP contribution in [0.5, 0.6) is 0 Å². The van der Waals surface area contributed by atoms with Crippen molar-refractivity contribution in [2.24, 2.45) is 17.1 Å². The number of aromatic nitrogens is 2. The van der Waals surface area contributed by atoms with Crippen molar-refractivity contribution in [1.29, 1.82) is 0 Å². The van der Waals surface area contributed by atoms with E-state index in [1.165, 1.54) is 10.4 Å². The molecule has 0 saturated heterocycles. The molecule has 1 aromatic carbocycles. The Hall–Kier alpha value is -2.47. The van der Waals surface area contributed by atoms with E-state index in [4.69, 9.17) is 10.7 Å². The second kappa shape index (κ2) is 7.99. The third-order valence-electron chi connectivity index (χ3n) is 6.23. The Kier molecular flexibility index (Phi) is 5.53. The fourth-order valence-electron chi connectivity index (χ4n) is 4.42. The maximum atomic E-state index is 13.6. The fraction of sp³-hybridized carbons (Fsp3) is 0.458. The van der Waals surface area contributed by atoms with E-state index in [9.17, 15) is 9.59 Å². The minimum absolute atomic E-state index is 0.00929. The van der Waals surface area contributed by atoms with E-state index >= 15 is 0 Å². The highest BCUT2D eigenvalue weighted by atomic mass is 32.1. The number of hydrogen-bond donors (Lipinski definition) is 1. The third kappa shape index (κ3) is 3.93. The van der Waals surface area contributed by atoms with E-state index in [0.29, 0.717) is 24.7 Å². The lowest BCUT2D eigenvalue weighted by Gasteiger charge is -2.33. The number of carbonyl (C=O) groups excluding carboxylic acids is 1. The highest BCUT2D eigenvalue weighted by Gasteiger charge is 2.32. The van der Waals surface area contributed by atoms with Gasteiger partial charge in [0.2, 0.25) is 5.91 Å². The van der Waals surface area contributed by atoms with Crippen molar-refractivity contribution in [2.45, 2.75) is 59.4 Å². The number of aryl methyl sites for hydroxylation is 1. The van der Waals surface area contributed by atoms with E-state index in [0.717, 1.165) is 35.0 Å². The van der Waals surface area contributed by atoms with E-state index in [1.54, 1.807) is 15.9 Å². The first-order chi connectivity index (χ1) is 14.3. The Balaban J connectivity index is 1.84. The maximum Gasteiger partial charge on any atom is 0.262 e. The van der Waals surface area contributed by atoms with Crippen molar-refractivity contribution < 1.29 is 4.79 Å². The zero-order valence-electron chi connectivity index (χ0n) is 17.9. The molecule has 6 heteroatoms. The Morgan fingerprint density at radius 3 is 2.67 bits per heavy atom. The number of benzene rings is 1. The molecule has 0 spiro atoms. The van der Waals surface area contributed by atoms with E-state index < -0.39 is 0 Å². The average molecular weight is 424 g/mol. The zero-order chi connectivity index (χ0) is 21.5. The molecule has 1 aliphatic carbocycles. The molecule has 4 rings (SSSR count). The van der Waals surface area contributed by atoms with Gasteiger partial charge in [-0.15, -0.1) is 11.3 Å². The summed E-state index contributed by atoms with van der Waals surface area (Å²) in [7, 11) is 0. The molecule has 2 aromatic heterocycles. The van der Waals surface area contributed by atoms with Gasteiger partial charge in [0.1, 0.15) is 10.7 Å². The highest BCUT2D eigenvalue weighted by molar-refractivity contribution is 7.18. The van der Waals surface area contributed by atoms with Gasteiger partial charge in [-0.2, -0.15) is 0 Å². The van der Waals surface area contributed by atoms with Crippen molar-refractivity contribution >= 4 is 27.5 Å². The molecule has 1 aliphatic rings. The van der Waals surface area contributed by atoms with Crippen LogP contribution in [0.1, 0.15) is 50.5 Å². The normalized spacial score (nSPS) is 16.6. The molecule has 1 amide bonds. The van der Waals surface area contributed by atoms with Crippen LogP contribution in [0.3, 0.4) is 0 Å². The van der Waals surface area contributed by atoms with E-state index in [1.807, 2.05) is 30.3 Å². The number of fused-ring (bicyclic) bond motifs is 3. The summed E-state index contributed by atoms with van der Waals surface area (Å²) in [5.41, 5.74) is 7.68. The first-order valence-corrected chi connectivity index (χ1v) is 11.5. The monoisotopic (exact) mass is 423 g/mol. The summed E-state index contributed by atoms with van der Waals surface area (Å²) in [5.74, 6) is 0.937. The molecule has 1 unspecified atom stereocenters. The SMILES string of the molecule is CC(C)(C)C1CCc2c(sc3nc(-c4ccccc4)n(CCCC(N)=O)c(=O)c23)C1. The van der Waals surface area contributed by atoms with E-state index in [2.05, 4.69) is 20.8 Å². The molecule has 0 aliphatic heterocycles. The molecule has 158 valence electrons. The van der Waals surface area contributed by atoms with Crippen molar-refractivity contribution in [3.8, 4) is 11.4 Å².